The van der Waals surface area contributed by atoms with Crippen molar-refractivity contribution in [2.45, 2.75) is 45.5 Å². The highest BCUT2D eigenvalue weighted by molar-refractivity contribution is 7.92. The first-order valence-electron chi connectivity index (χ1n) is 11.8. The minimum absolute atomic E-state index is 0.0487. The Hall–Kier alpha value is -2.99. The number of amides is 2. The Morgan fingerprint density at radius 1 is 1.11 bits per heavy atom. The molecule has 38 heavy (non-hydrogen) atoms. The van der Waals surface area contributed by atoms with Crippen LogP contribution in [0.2, 0.25) is 5.02 Å². The van der Waals surface area contributed by atoms with Gasteiger partial charge in [-0.1, -0.05) is 37.6 Å². The molecular weight excluding hydrogens is 547 g/mol. The minimum atomic E-state index is -4.84. The second-order valence-corrected chi connectivity index (χ2v) is 10.8. The largest absolute Gasteiger partial charge is 0.497 e. The van der Waals surface area contributed by atoms with E-state index in [1.807, 2.05) is 6.92 Å². The van der Waals surface area contributed by atoms with Crippen LogP contribution in [-0.4, -0.2) is 57.6 Å². The second kappa shape index (κ2) is 13.2. The van der Waals surface area contributed by atoms with Crippen molar-refractivity contribution in [1.82, 2.24) is 10.2 Å². The molecular formula is C25H31ClF3N3O5S. The lowest BCUT2D eigenvalue weighted by molar-refractivity contribution is -0.140. The van der Waals surface area contributed by atoms with E-state index in [1.54, 1.807) is 31.2 Å². The molecule has 0 saturated heterocycles. The van der Waals surface area contributed by atoms with E-state index in [0.29, 0.717) is 34.7 Å². The molecule has 0 aliphatic heterocycles. The van der Waals surface area contributed by atoms with Gasteiger partial charge in [0, 0.05) is 13.1 Å². The molecule has 2 aromatic rings. The number of carbonyl (C=O) groups excluding carboxylic acids is 2. The first-order valence-corrected chi connectivity index (χ1v) is 14.0. The highest BCUT2D eigenvalue weighted by atomic mass is 35.5. The predicted octanol–water partition coefficient (Wildman–Crippen LogP) is 4.47. The van der Waals surface area contributed by atoms with Gasteiger partial charge in [0.2, 0.25) is 21.8 Å². The van der Waals surface area contributed by atoms with E-state index >= 15 is 0 Å². The molecule has 2 aromatic carbocycles. The minimum Gasteiger partial charge on any atom is -0.497 e. The molecule has 13 heteroatoms. The molecule has 0 radical (unpaired) electrons. The van der Waals surface area contributed by atoms with E-state index in [9.17, 15) is 31.2 Å². The van der Waals surface area contributed by atoms with Crippen molar-refractivity contribution in [1.29, 1.82) is 0 Å². The van der Waals surface area contributed by atoms with E-state index in [2.05, 4.69) is 5.32 Å². The van der Waals surface area contributed by atoms with Gasteiger partial charge in [-0.05, 0) is 48.7 Å². The number of nitrogens with zero attached hydrogens (tertiary/aromatic N) is 2. The standard InChI is InChI=1S/C25H31ClF3N3O5S/c1-5-13-30-24(34)22(6-2)31(15-17-7-10-19(37-3)11-8-17)23(33)16-32(38(4,35)36)18-9-12-21(26)20(14-18)25(27,28)29/h7-12,14,22H,5-6,13,15-16H2,1-4H3,(H,30,34). The average molecular weight is 578 g/mol. The van der Waals surface area contributed by atoms with E-state index in [0.717, 1.165) is 18.4 Å². The molecule has 1 unspecified atom stereocenters. The third kappa shape index (κ3) is 8.26. The van der Waals surface area contributed by atoms with Gasteiger partial charge in [0.15, 0.2) is 0 Å². The molecule has 1 N–H and O–H groups in total. The summed E-state index contributed by atoms with van der Waals surface area (Å²) in [4.78, 5) is 27.7. The molecule has 0 saturated carbocycles. The fourth-order valence-electron chi connectivity index (χ4n) is 3.71. The summed E-state index contributed by atoms with van der Waals surface area (Å²) in [7, 11) is -2.72. The van der Waals surface area contributed by atoms with Gasteiger partial charge in [-0.2, -0.15) is 13.2 Å². The third-order valence-electron chi connectivity index (χ3n) is 5.67. The van der Waals surface area contributed by atoms with Crippen LogP contribution in [0, 0.1) is 0 Å². The van der Waals surface area contributed by atoms with Crippen LogP contribution in [0.1, 0.15) is 37.8 Å². The Labute approximate surface area is 225 Å². The summed E-state index contributed by atoms with van der Waals surface area (Å²) in [6, 6.07) is 8.37. The van der Waals surface area contributed by atoms with Crippen molar-refractivity contribution < 1.29 is 35.9 Å². The van der Waals surface area contributed by atoms with E-state index in [4.69, 9.17) is 16.3 Å². The van der Waals surface area contributed by atoms with Crippen molar-refractivity contribution in [3.8, 4) is 5.75 Å². The fourth-order valence-corrected chi connectivity index (χ4v) is 4.78. The van der Waals surface area contributed by atoms with E-state index in [1.165, 1.54) is 12.0 Å². The molecule has 1 atom stereocenters. The molecule has 2 rings (SSSR count). The van der Waals surface area contributed by atoms with Crippen molar-refractivity contribution in [3.05, 3.63) is 58.6 Å². The van der Waals surface area contributed by atoms with Gasteiger partial charge in [-0.15, -0.1) is 0 Å². The number of benzene rings is 2. The Morgan fingerprint density at radius 2 is 1.74 bits per heavy atom. The quantitative estimate of drug-likeness (QED) is 0.402. The summed E-state index contributed by atoms with van der Waals surface area (Å²) in [5, 5.41) is 2.13. The Kier molecular flexibility index (Phi) is 10.8. The van der Waals surface area contributed by atoms with Gasteiger partial charge < -0.3 is 15.0 Å². The van der Waals surface area contributed by atoms with Crippen LogP contribution >= 0.6 is 11.6 Å². The van der Waals surface area contributed by atoms with Crippen LogP contribution in [0.3, 0.4) is 0 Å². The number of nitrogens with one attached hydrogen (secondary N) is 1. The average Bonchev–Trinajstić information content (AvgIpc) is 2.85. The lowest BCUT2D eigenvalue weighted by atomic mass is 10.1. The molecule has 0 bridgehead atoms. The second-order valence-electron chi connectivity index (χ2n) is 8.52. The van der Waals surface area contributed by atoms with E-state index in [-0.39, 0.29) is 18.7 Å². The Bertz CT molecular complexity index is 1220. The summed E-state index contributed by atoms with van der Waals surface area (Å²) in [5.41, 5.74) is -0.985. The molecule has 2 amide bonds. The fraction of sp³-hybridized carbons (Fsp3) is 0.440. The van der Waals surface area contributed by atoms with Crippen molar-refractivity contribution in [3.63, 3.8) is 0 Å². The Balaban J connectivity index is 2.50. The molecule has 0 aliphatic rings. The lowest BCUT2D eigenvalue weighted by Gasteiger charge is -2.33. The summed E-state index contributed by atoms with van der Waals surface area (Å²) >= 11 is 5.69. The molecule has 0 aliphatic carbocycles. The van der Waals surface area contributed by atoms with Crippen LogP contribution in [0.5, 0.6) is 5.75 Å². The zero-order chi connectivity index (χ0) is 28.7. The number of hydrogen-bond acceptors (Lipinski definition) is 5. The smallest absolute Gasteiger partial charge is 0.417 e. The summed E-state index contributed by atoms with van der Waals surface area (Å²) in [6.45, 7) is 3.07. The van der Waals surface area contributed by atoms with Crippen molar-refractivity contribution in [2.75, 3.05) is 30.8 Å². The third-order valence-corrected chi connectivity index (χ3v) is 7.14. The number of hydrogen-bond donors (Lipinski definition) is 1. The zero-order valence-corrected chi connectivity index (χ0v) is 23.1. The number of halogens is 4. The van der Waals surface area contributed by atoms with Crippen LogP contribution in [0.15, 0.2) is 42.5 Å². The maximum Gasteiger partial charge on any atom is 0.417 e. The van der Waals surface area contributed by atoms with Gasteiger partial charge in [0.1, 0.15) is 18.3 Å². The van der Waals surface area contributed by atoms with Crippen molar-refractivity contribution in [2.24, 2.45) is 0 Å². The van der Waals surface area contributed by atoms with E-state index < -0.39 is 51.2 Å². The molecule has 0 heterocycles. The maximum absolute atomic E-state index is 13.6. The number of sulfonamides is 1. The van der Waals surface area contributed by atoms with Crippen LogP contribution < -0.4 is 14.4 Å². The normalized spacial score (nSPS) is 12.5. The Morgan fingerprint density at radius 3 is 2.24 bits per heavy atom. The number of methoxy groups -OCH3 is 1. The topological polar surface area (TPSA) is 96.0 Å². The van der Waals surface area contributed by atoms with Gasteiger partial charge in [-0.3, -0.25) is 13.9 Å². The first-order chi connectivity index (χ1) is 17.7. The molecule has 0 aromatic heterocycles. The van der Waals surface area contributed by atoms with Crippen LogP contribution in [-0.2, 0) is 32.3 Å². The van der Waals surface area contributed by atoms with Gasteiger partial charge in [-0.25, -0.2) is 8.42 Å². The number of anilines is 1. The number of ether oxygens (including phenoxy) is 1. The first kappa shape index (κ1) is 31.2. The van der Waals surface area contributed by atoms with Crippen molar-refractivity contribution >= 4 is 39.1 Å². The number of rotatable bonds is 12. The molecule has 0 fully saturated rings. The van der Waals surface area contributed by atoms with Crippen LogP contribution in [0.4, 0.5) is 18.9 Å². The predicted molar refractivity (Wildman–Crippen MR) is 140 cm³/mol. The SMILES string of the molecule is CCCNC(=O)C(CC)N(Cc1ccc(OC)cc1)C(=O)CN(c1ccc(Cl)c(C(F)(F)F)c1)S(C)(=O)=O. The zero-order valence-electron chi connectivity index (χ0n) is 21.5. The van der Waals surface area contributed by atoms with Gasteiger partial charge in [0.05, 0.1) is 29.6 Å². The highest BCUT2D eigenvalue weighted by Gasteiger charge is 2.36. The van der Waals surface area contributed by atoms with Gasteiger partial charge >= 0.3 is 6.18 Å². The highest BCUT2D eigenvalue weighted by Crippen LogP contribution is 2.37. The summed E-state index contributed by atoms with van der Waals surface area (Å²) in [6.07, 6.45) is -3.18. The summed E-state index contributed by atoms with van der Waals surface area (Å²) in [5.74, 6) is -0.618. The molecule has 0 spiro atoms. The number of carbonyl (C=O) groups is 2. The summed E-state index contributed by atoms with van der Waals surface area (Å²) < 4.78 is 71.3. The molecule has 210 valence electrons. The monoisotopic (exact) mass is 577 g/mol. The number of alkyl halides is 3. The lowest BCUT2D eigenvalue weighted by Crippen LogP contribution is -2.52. The van der Waals surface area contributed by atoms with Gasteiger partial charge in [0.25, 0.3) is 0 Å². The maximum atomic E-state index is 13.6. The van der Waals surface area contributed by atoms with Crippen LogP contribution in [0.25, 0.3) is 0 Å². The molecule has 8 nitrogen and oxygen atoms in total.